The van der Waals surface area contributed by atoms with Crippen molar-refractivity contribution < 1.29 is 24.0 Å². The fourth-order valence-electron chi connectivity index (χ4n) is 2.07. The first-order chi connectivity index (χ1) is 10.4. The first-order valence-electron chi connectivity index (χ1n) is 6.81. The van der Waals surface area contributed by atoms with Crippen LogP contribution in [0.4, 0.5) is 5.69 Å². The summed E-state index contributed by atoms with van der Waals surface area (Å²) in [4.78, 5) is 41.6. The van der Waals surface area contributed by atoms with Gasteiger partial charge in [-0.05, 0) is 18.2 Å². The summed E-state index contributed by atoms with van der Waals surface area (Å²) in [5.74, 6) is -0.0562. The normalized spacial score (nSPS) is 13.4. The molecule has 1 aromatic carbocycles. The third kappa shape index (κ3) is 3.25. The van der Waals surface area contributed by atoms with Crippen LogP contribution in [0.5, 0.6) is 5.75 Å². The number of carbonyl (C=O) groups excluding carboxylic acids is 3. The van der Waals surface area contributed by atoms with Gasteiger partial charge >= 0.3 is 0 Å². The molecule has 0 saturated heterocycles. The van der Waals surface area contributed by atoms with Gasteiger partial charge in [0.1, 0.15) is 5.75 Å². The van der Waals surface area contributed by atoms with Crippen LogP contribution >= 0.6 is 0 Å². The predicted molar refractivity (Wildman–Crippen MR) is 78.7 cm³/mol. The lowest BCUT2D eigenvalue weighted by Gasteiger charge is -2.26. The number of amides is 2. The first kappa shape index (κ1) is 16.0. The van der Waals surface area contributed by atoms with Gasteiger partial charge in [-0.25, -0.2) is 5.06 Å². The number of hydrogen-bond donors (Lipinski definition) is 0. The van der Waals surface area contributed by atoms with Crippen LogP contribution in [-0.4, -0.2) is 50.5 Å². The number of ether oxygens (including phenoxy) is 1. The molecule has 2 amide bonds. The number of benzene rings is 1. The number of nitrogens with zero attached hydrogens (tertiary/aromatic N) is 2. The van der Waals surface area contributed by atoms with Crippen molar-refractivity contribution in [3.63, 3.8) is 0 Å². The molecule has 0 aromatic heterocycles. The number of fused-ring (bicyclic) bond motifs is 1. The number of Topliss-reactive ketones (excluding diaryl/α,β-unsaturated/α-hetero) is 1. The molecular formula is C15H18N2O5. The Balaban J connectivity index is 2.08. The molecule has 0 radical (unpaired) electrons. The van der Waals surface area contributed by atoms with E-state index in [0.717, 1.165) is 5.06 Å². The van der Waals surface area contributed by atoms with Gasteiger partial charge in [0.05, 0.1) is 12.8 Å². The molecule has 0 aliphatic carbocycles. The Morgan fingerprint density at radius 3 is 2.77 bits per heavy atom. The Kier molecular flexibility index (Phi) is 4.77. The van der Waals surface area contributed by atoms with Crippen LogP contribution in [0.25, 0.3) is 0 Å². The van der Waals surface area contributed by atoms with Crippen LogP contribution in [-0.2, 0) is 14.4 Å². The van der Waals surface area contributed by atoms with E-state index in [1.807, 2.05) is 0 Å². The average molecular weight is 306 g/mol. The van der Waals surface area contributed by atoms with E-state index in [2.05, 4.69) is 0 Å². The average Bonchev–Trinajstić information content (AvgIpc) is 2.54. The maximum absolute atomic E-state index is 12.2. The molecule has 1 aliphatic rings. The molecule has 7 nitrogen and oxygen atoms in total. The van der Waals surface area contributed by atoms with Crippen molar-refractivity contribution in [3.8, 4) is 5.75 Å². The molecule has 0 fully saturated rings. The van der Waals surface area contributed by atoms with Gasteiger partial charge in [0.2, 0.25) is 5.91 Å². The highest BCUT2D eigenvalue weighted by Gasteiger charge is 2.23. The van der Waals surface area contributed by atoms with E-state index in [0.29, 0.717) is 17.0 Å². The number of hydrogen-bond acceptors (Lipinski definition) is 5. The van der Waals surface area contributed by atoms with Gasteiger partial charge in [-0.3, -0.25) is 19.2 Å². The third-order valence-electron chi connectivity index (χ3n) is 3.56. The highest BCUT2D eigenvalue weighted by Crippen LogP contribution is 2.32. The van der Waals surface area contributed by atoms with Crippen molar-refractivity contribution in [1.82, 2.24) is 5.06 Å². The van der Waals surface area contributed by atoms with E-state index in [9.17, 15) is 14.4 Å². The fraction of sp³-hybridized carbons (Fsp3) is 0.400. The van der Waals surface area contributed by atoms with Gasteiger partial charge in [0.15, 0.2) is 12.4 Å². The summed E-state index contributed by atoms with van der Waals surface area (Å²) in [6.07, 6.45) is 0.134. The Hall–Kier alpha value is -2.41. The number of rotatable bonds is 5. The topological polar surface area (TPSA) is 76.2 Å². The fourth-order valence-corrected chi connectivity index (χ4v) is 2.07. The molecule has 0 bridgehead atoms. The van der Waals surface area contributed by atoms with Gasteiger partial charge < -0.3 is 9.64 Å². The van der Waals surface area contributed by atoms with Gasteiger partial charge in [0.25, 0.3) is 5.91 Å². The standard InChI is InChI=1S/C15H18N2O5/c1-16-11-8-10(4-6-13(11)22-9-15(16)20)12(18)5-7-14(19)17(2)21-3/h4,6,8H,5,7,9H2,1-3H3. The minimum absolute atomic E-state index is 0.00531. The van der Waals surface area contributed by atoms with Crippen LogP contribution in [0.1, 0.15) is 23.2 Å². The SMILES string of the molecule is CON(C)C(=O)CCC(=O)c1ccc2c(c1)N(C)C(=O)CO2. The number of carbonyl (C=O) groups is 3. The van der Waals surface area contributed by atoms with E-state index in [1.165, 1.54) is 19.1 Å². The van der Waals surface area contributed by atoms with E-state index in [4.69, 9.17) is 9.57 Å². The maximum Gasteiger partial charge on any atom is 0.264 e. The van der Waals surface area contributed by atoms with Crippen LogP contribution in [0.2, 0.25) is 0 Å². The minimum Gasteiger partial charge on any atom is -0.482 e. The number of anilines is 1. The van der Waals surface area contributed by atoms with Gasteiger partial charge in [-0.15, -0.1) is 0 Å². The molecule has 2 rings (SSSR count). The monoisotopic (exact) mass is 306 g/mol. The van der Waals surface area contributed by atoms with Crippen LogP contribution < -0.4 is 9.64 Å². The van der Waals surface area contributed by atoms with Crippen LogP contribution in [0.3, 0.4) is 0 Å². The van der Waals surface area contributed by atoms with Crippen LogP contribution in [0, 0.1) is 0 Å². The minimum atomic E-state index is -0.274. The van der Waals surface area contributed by atoms with E-state index in [1.54, 1.807) is 25.2 Å². The zero-order valence-electron chi connectivity index (χ0n) is 12.8. The summed E-state index contributed by atoms with van der Waals surface area (Å²) in [7, 11) is 4.51. The van der Waals surface area contributed by atoms with E-state index >= 15 is 0 Å². The lowest BCUT2D eigenvalue weighted by molar-refractivity contribution is -0.168. The second kappa shape index (κ2) is 6.57. The number of ketones is 1. The Bertz CT molecular complexity index is 614. The summed E-state index contributed by atoms with van der Waals surface area (Å²) >= 11 is 0. The summed E-state index contributed by atoms with van der Waals surface area (Å²) < 4.78 is 5.31. The zero-order chi connectivity index (χ0) is 16.3. The molecule has 0 spiro atoms. The molecule has 0 atom stereocenters. The molecule has 7 heteroatoms. The Morgan fingerprint density at radius 2 is 2.09 bits per heavy atom. The number of likely N-dealkylation sites (N-methyl/N-ethyl adjacent to an activating group) is 1. The van der Waals surface area contributed by atoms with Crippen molar-refractivity contribution in [2.75, 3.05) is 32.7 Å². The summed E-state index contributed by atoms with van der Waals surface area (Å²) in [6.45, 7) is -0.00531. The molecule has 0 saturated carbocycles. The molecule has 22 heavy (non-hydrogen) atoms. The second-order valence-corrected chi connectivity index (χ2v) is 4.92. The van der Waals surface area contributed by atoms with Crippen molar-refractivity contribution in [2.45, 2.75) is 12.8 Å². The molecule has 1 aromatic rings. The summed E-state index contributed by atoms with van der Waals surface area (Å²) in [6, 6.07) is 4.91. The van der Waals surface area contributed by atoms with Crippen molar-refractivity contribution in [1.29, 1.82) is 0 Å². The lowest BCUT2D eigenvalue weighted by atomic mass is 10.0. The molecule has 0 unspecified atom stereocenters. The Labute approximate surface area is 128 Å². The number of hydroxylamine groups is 2. The van der Waals surface area contributed by atoms with Crippen molar-refractivity contribution in [2.24, 2.45) is 0 Å². The van der Waals surface area contributed by atoms with E-state index < -0.39 is 0 Å². The van der Waals surface area contributed by atoms with Crippen molar-refractivity contribution >= 4 is 23.3 Å². The quantitative estimate of drug-likeness (QED) is 0.600. The summed E-state index contributed by atoms with van der Waals surface area (Å²) in [5.41, 5.74) is 0.999. The van der Waals surface area contributed by atoms with Crippen molar-refractivity contribution in [3.05, 3.63) is 23.8 Å². The summed E-state index contributed by atoms with van der Waals surface area (Å²) in [5, 5.41) is 1.08. The zero-order valence-corrected chi connectivity index (χ0v) is 12.8. The van der Waals surface area contributed by atoms with Gasteiger partial charge in [-0.2, -0.15) is 0 Å². The predicted octanol–water partition coefficient (Wildman–Crippen LogP) is 1.02. The molecule has 118 valence electrons. The highest BCUT2D eigenvalue weighted by molar-refractivity contribution is 6.02. The molecule has 0 N–H and O–H groups in total. The smallest absolute Gasteiger partial charge is 0.264 e. The van der Waals surface area contributed by atoms with Gasteiger partial charge in [0, 0.05) is 32.5 Å². The highest BCUT2D eigenvalue weighted by atomic mass is 16.7. The largest absolute Gasteiger partial charge is 0.482 e. The molecule has 1 aliphatic heterocycles. The van der Waals surface area contributed by atoms with Crippen LogP contribution in [0.15, 0.2) is 18.2 Å². The Morgan fingerprint density at radius 1 is 1.36 bits per heavy atom. The third-order valence-corrected chi connectivity index (χ3v) is 3.56. The molecule has 1 heterocycles. The molecular weight excluding hydrogens is 288 g/mol. The first-order valence-corrected chi connectivity index (χ1v) is 6.81. The van der Waals surface area contributed by atoms with Gasteiger partial charge in [-0.1, -0.05) is 0 Å². The lowest BCUT2D eigenvalue weighted by Crippen LogP contribution is -2.35. The maximum atomic E-state index is 12.2. The van der Waals surface area contributed by atoms with E-state index in [-0.39, 0.29) is 37.0 Å². The second-order valence-electron chi connectivity index (χ2n) is 4.92.